The van der Waals surface area contributed by atoms with Crippen LogP contribution in [0.2, 0.25) is 0 Å². The molecule has 0 aliphatic rings. The number of carbonyl (C=O) groups is 4. The molecule has 4 N–H and O–H groups in total. The number of rotatable bonds is 22. The van der Waals surface area contributed by atoms with Crippen LogP contribution in [0.25, 0.3) is 0 Å². The van der Waals surface area contributed by atoms with E-state index >= 15 is 0 Å². The summed E-state index contributed by atoms with van der Waals surface area (Å²) in [7, 11) is 0. The van der Waals surface area contributed by atoms with E-state index in [-0.39, 0.29) is 33.9 Å². The van der Waals surface area contributed by atoms with Crippen molar-refractivity contribution in [3.05, 3.63) is 0 Å². The maximum Gasteiger partial charge on any atom is 0.327 e. The van der Waals surface area contributed by atoms with E-state index in [1.54, 1.807) is 13.8 Å². The second-order valence-corrected chi connectivity index (χ2v) is 15.3. The summed E-state index contributed by atoms with van der Waals surface area (Å²) in [6.07, 6.45) is 1.44. The van der Waals surface area contributed by atoms with Crippen LogP contribution in [0.5, 0.6) is 0 Å². The normalized spacial score (nSPS) is 15.5. The van der Waals surface area contributed by atoms with E-state index in [2.05, 4.69) is 10.6 Å². The quantitative estimate of drug-likeness (QED) is 0.137. The van der Waals surface area contributed by atoms with Crippen molar-refractivity contribution in [3.8, 4) is 0 Å². The van der Waals surface area contributed by atoms with Gasteiger partial charge >= 0.3 is 11.9 Å². The van der Waals surface area contributed by atoms with Crippen LogP contribution in [-0.2, 0) is 23.9 Å². The summed E-state index contributed by atoms with van der Waals surface area (Å²) in [6, 6.07) is -1.69. The van der Waals surface area contributed by atoms with Gasteiger partial charge in [0.25, 0.3) is 0 Å². The van der Waals surface area contributed by atoms with E-state index in [0.29, 0.717) is 44.1 Å². The standard InChI is InChI=1S/C29H54N2O7S2/c1-18(2)15-30-22(25(33)34)16-39-20(5)21(6)40-17-23(26(35)36)31-27(37)28(7,8)13-14-38-29(9,10)12-11-24(32)19(3)4/h18-23,30H,11-17H2,1-10H3,(H,31,37)(H,33,34)(H,35,36). The Morgan fingerprint density at radius 3 is 1.75 bits per heavy atom. The molecule has 4 atom stereocenters. The van der Waals surface area contributed by atoms with Gasteiger partial charge in [0.05, 0.1) is 5.60 Å². The Labute approximate surface area is 250 Å². The number of hydrogen-bond acceptors (Lipinski definition) is 8. The van der Waals surface area contributed by atoms with Gasteiger partial charge in [0.1, 0.15) is 17.9 Å². The molecule has 4 unspecified atom stereocenters. The topological polar surface area (TPSA) is 142 Å². The first-order valence-corrected chi connectivity index (χ1v) is 16.3. The largest absolute Gasteiger partial charge is 0.480 e. The first-order valence-electron chi connectivity index (χ1n) is 14.2. The van der Waals surface area contributed by atoms with Crippen molar-refractivity contribution in [2.75, 3.05) is 24.7 Å². The number of ether oxygens (including phenoxy) is 1. The molecule has 1 amide bonds. The molecular weight excluding hydrogens is 552 g/mol. The van der Waals surface area contributed by atoms with Gasteiger partial charge in [-0.05, 0) is 39.2 Å². The molecule has 0 saturated heterocycles. The molecule has 9 nitrogen and oxygen atoms in total. The smallest absolute Gasteiger partial charge is 0.327 e. The van der Waals surface area contributed by atoms with E-state index in [1.807, 2.05) is 55.4 Å². The molecule has 11 heteroatoms. The lowest BCUT2D eigenvalue weighted by Crippen LogP contribution is -2.48. The van der Waals surface area contributed by atoms with Crippen LogP contribution in [0.15, 0.2) is 0 Å². The van der Waals surface area contributed by atoms with Crippen LogP contribution in [0, 0.1) is 17.3 Å². The van der Waals surface area contributed by atoms with E-state index in [9.17, 15) is 29.4 Å². The highest BCUT2D eigenvalue weighted by atomic mass is 32.2. The molecule has 0 aliphatic carbocycles. The third-order valence-corrected chi connectivity index (χ3v) is 9.93. The first-order chi connectivity index (χ1) is 18.3. The highest BCUT2D eigenvalue weighted by Gasteiger charge is 2.33. The zero-order valence-electron chi connectivity index (χ0n) is 26.2. The predicted octanol–water partition coefficient (Wildman–Crippen LogP) is 4.71. The van der Waals surface area contributed by atoms with Gasteiger partial charge in [-0.2, -0.15) is 23.5 Å². The molecular formula is C29H54N2O7S2. The third kappa shape index (κ3) is 16.2. The maximum atomic E-state index is 13.0. The lowest BCUT2D eigenvalue weighted by molar-refractivity contribution is -0.143. The summed E-state index contributed by atoms with van der Waals surface area (Å²) in [5.74, 6) is -1.19. The molecule has 0 saturated carbocycles. The number of carbonyl (C=O) groups excluding carboxylic acids is 2. The minimum Gasteiger partial charge on any atom is -0.480 e. The lowest BCUT2D eigenvalue weighted by Gasteiger charge is -2.30. The first kappa shape index (κ1) is 38.7. The number of thioether (sulfide) groups is 2. The van der Waals surface area contributed by atoms with Gasteiger partial charge in [0.2, 0.25) is 5.91 Å². The zero-order chi connectivity index (χ0) is 31.3. The fourth-order valence-electron chi connectivity index (χ4n) is 3.37. The van der Waals surface area contributed by atoms with E-state index in [4.69, 9.17) is 4.74 Å². The SMILES string of the molecule is CC(C)CNC(CSC(C)C(C)SCC(NC(=O)C(C)(C)CCOC(C)(C)CCC(=O)C(C)C)C(=O)O)C(=O)O. The Bertz CT molecular complexity index is 818. The molecule has 0 heterocycles. The number of carboxylic acid groups (broad SMARTS) is 2. The molecule has 0 aromatic heterocycles. The van der Waals surface area contributed by atoms with Crippen LogP contribution in [-0.4, -0.2) is 86.7 Å². The van der Waals surface area contributed by atoms with Crippen molar-refractivity contribution in [2.45, 2.75) is 117 Å². The molecule has 0 aromatic carbocycles. The number of ketones is 1. The van der Waals surface area contributed by atoms with Gasteiger partial charge in [-0.15, -0.1) is 0 Å². The fourth-order valence-corrected chi connectivity index (χ4v) is 5.86. The van der Waals surface area contributed by atoms with Crippen molar-refractivity contribution in [1.82, 2.24) is 10.6 Å². The summed E-state index contributed by atoms with van der Waals surface area (Å²) in [5.41, 5.74) is -1.34. The summed E-state index contributed by atoms with van der Waals surface area (Å²) >= 11 is 2.98. The number of nitrogens with one attached hydrogen (secondary N) is 2. The second kappa shape index (κ2) is 18.3. The zero-order valence-corrected chi connectivity index (χ0v) is 27.8. The molecule has 0 radical (unpaired) electrons. The van der Waals surface area contributed by atoms with Crippen molar-refractivity contribution >= 4 is 47.2 Å². The number of amides is 1. The van der Waals surface area contributed by atoms with Crippen molar-refractivity contribution < 1.29 is 34.1 Å². The van der Waals surface area contributed by atoms with E-state index in [1.165, 1.54) is 23.5 Å². The van der Waals surface area contributed by atoms with Crippen LogP contribution < -0.4 is 10.6 Å². The lowest BCUT2D eigenvalue weighted by atomic mass is 9.88. The minimum absolute atomic E-state index is 0.00937. The number of aliphatic carboxylic acids is 2. The molecule has 0 aromatic rings. The highest BCUT2D eigenvalue weighted by molar-refractivity contribution is 8.03. The van der Waals surface area contributed by atoms with Gasteiger partial charge in [0.15, 0.2) is 0 Å². The number of hydrogen-bond donors (Lipinski definition) is 4. The summed E-state index contributed by atoms with van der Waals surface area (Å²) in [6.45, 7) is 20.1. The van der Waals surface area contributed by atoms with Crippen molar-refractivity contribution in [1.29, 1.82) is 0 Å². The monoisotopic (exact) mass is 606 g/mol. The predicted molar refractivity (Wildman–Crippen MR) is 165 cm³/mol. The molecule has 40 heavy (non-hydrogen) atoms. The Kier molecular flexibility index (Phi) is 17.7. The third-order valence-electron chi connectivity index (χ3n) is 6.84. The average Bonchev–Trinajstić information content (AvgIpc) is 2.83. The Morgan fingerprint density at radius 1 is 0.800 bits per heavy atom. The Hall–Kier alpha value is -1.30. The van der Waals surface area contributed by atoms with Crippen LogP contribution >= 0.6 is 23.5 Å². The Morgan fingerprint density at radius 2 is 1.30 bits per heavy atom. The van der Waals surface area contributed by atoms with Gasteiger partial charge in [-0.25, -0.2) is 4.79 Å². The number of carboxylic acids is 2. The second-order valence-electron chi connectivity index (χ2n) is 12.5. The van der Waals surface area contributed by atoms with Crippen molar-refractivity contribution in [2.24, 2.45) is 17.3 Å². The van der Waals surface area contributed by atoms with Crippen LogP contribution in [0.4, 0.5) is 0 Å². The van der Waals surface area contributed by atoms with Gasteiger partial charge < -0.3 is 25.6 Å². The average molecular weight is 607 g/mol. The maximum absolute atomic E-state index is 13.0. The van der Waals surface area contributed by atoms with Crippen LogP contribution in [0.1, 0.15) is 88.5 Å². The van der Waals surface area contributed by atoms with Gasteiger partial charge in [-0.1, -0.05) is 55.4 Å². The summed E-state index contributed by atoms with van der Waals surface area (Å²) in [4.78, 5) is 48.4. The molecule has 0 rings (SSSR count). The molecule has 0 spiro atoms. The van der Waals surface area contributed by atoms with E-state index < -0.39 is 35.0 Å². The minimum atomic E-state index is -1.10. The van der Waals surface area contributed by atoms with Gasteiger partial charge in [0, 0.05) is 46.4 Å². The number of Topliss-reactive ketones (excluding diaryl/α,β-unsaturated/α-hetero) is 1. The highest BCUT2D eigenvalue weighted by Crippen LogP contribution is 2.27. The fraction of sp³-hybridized carbons (Fsp3) is 0.862. The Balaban J connectivity index is 4.80. The van der Waals surface area contributed by atoms with E-state index in [0.717, 1.165) is 0 Å². The molecule has 0 bridgehead atoms. The molecule has 234 valence electrons. The van der Waals surface area contributed by atoms with Crippen molar-refractivity contribution in [3.63, 3.8) is 0 Å². The summed E-state index contributed by atoms with van der Waals surface area (Å²) in [5, 5.41) is 25.1. The molecule has 0 aliphatic heterocycles. The summed E-state index contributed by atoms with van der Waals surface area (Å²) < 4.78 is 5.99. The van der Waals surface area contributed by atoms with Gasteiger partial charge in [-0.3, -0.25) is 14.4 Å². The molecule has 0 fully saturated rings. The van der Waals surface area contributed by atoms with Crippen LogP contribution in [0.3, 0.4) is 0 Å².